The summed E-state index contributed by atoms with van der Waals surface area (Å²) in [6, 6.07) is -0.156. The van der Waals surface area contributed by atoms with Gasteiger partial charge in [0.05, 0.1) is 24.7 Å². The second-order valence-electron chi connectivity index (χ2n) is 4.41. The normalized spacial score (nSPS) is 22.0. The molecule has 0 aromatic heterocycles. The smallest absolute Gasteiger partial charge is 0.236 e. The Labute approximate surface area is 109 Å². The summed E-state index contributed by atoms with van der Waals surface area (Å²) in [6.45, 7) is 3.82. The minimum Gasteiger partial charge on any atom is -0.383 e. The third-order valence-corrected chi connectivity index (χ3v) is 4.82. The highest BCUT2D eigenvalue weighted by Gasteiger charge is 2.33. The Morgan fingerprint density at radius 3 is 2.72 bits per heavy atom. The summed E-state index contributed by atoms with van der Waals surface area (Å²) in [6.07, 6.45) is 0.556. The number of nitrogens with one attached hydrogen (secondary N) is 1. The largest absolute Gasteiger partial charge is 0.383 e. The Bertz CT molecular complexity index is 369. The SMILES string of the molecule is CCN(C(=O)CNCCOC)C1CCS(=O)(=O)C1. The van der Waals surface area contributed by atoms with E-state index in [0.29, 0.717) is 26.1 Å². The third-order valence-electron chi connectivity index (χ3n) is 3.07. The van der Waals surface area contributed by atoms with Crippen molar-refractivity contribution in [2.24, 2.45) is 0 Å². The monoisotopic (exact) mass is 278 g/mol. The van der Waals surface area contributed by atoms with Gasteiger partial charge in [0.25, 0.3) is 0 Å². The fourth-order valence-corrected chi connectivity index (χ4v) is 3.86. The predicted octanol–water partition coefficient (Wildman–Crippen LogP) is -0.742. The number of sulfone groups is 1. The number of rotatable bonds is 7. The molecule has 106 valence electrons. The zero-order valence-electron chi connectivity index (χ0n) is 11.0. The molecule has 1 aliphatic rings. The molecular weight excluding hydrogens is 256 g/mol. The summed E-state index contributed by atoms with van der Waals surface area (Å²) < 4.78 is 27.7. The topological polar surface area (TPSA) is 75.7 Å². The summed E-state index contributed by atoms with van der Waals surface area (Å²) in [5.74, 6) is 0.249. The molecular formula is C11H22N2O4S. The predicted molar refractivity (Wildman–Crippen MR) is 69.2 cm³/mol. The first-order valence-corrected chi connectivity index (χ1v) is 8.02. The first-order valence-electron chi connectivity index (χ1n) is 6.19. The lowest BCUT2D eigenvalue weighted by atomic mass is 10.2. The van der Waals surface area contributed by atoms with Crippen molar-refractivity contribution in [3.8, 4) is 0 Å². The molecule has 0 aliphatic carbocycles. The summed E-state index contributed by atoms with van der Waals surface area (Å²) in [5, 5.41) is 2.98. The van der Waals surface area contributed by atoms with Crippen LogP contribution in [0.4, 0.5) is 0 Å². The summed E-state index contributed by atoms with van der Waals surface area (Å²) in [5.41, 5.74) is 0. The standard InChI is InChI=1S/C11H22N2O4S/c1-3-13(10-4-7-18(15,16)9-10)11(14)8-12-5-6-17-2/h10,12H,3-9H2,1-2H3. The van der Waals surface area contributed by atoms with Crippen LogP contribution in [0.25, 0.3) is 0 Å². The molecule has 1 amide bonds. The molecule has 1 fully saturated rings. The zero-order chi connectivity index (χ0) is 13.6. The molecule has 1 unspecified atom stereocenters. The van der Waals surface area contributed by atoms with Gasteiger partial charge in [-0.05, 0) is 13.3 Å². The fourth-order valence-electron chi connectivity index (χ4n) is 2.13. The Hall–Kier alpha value is -0.660. The molecule has 1 N–H and O–H groups in total. The van der Waals surface area contributed by atoms with E-state index in [1.54, 1.807) is 12.0 Å². The van der Waals surface area contributed by atoms with E-state index >= 15 is 0 Å². The quantitative estimate of drug-likeness (QED) is 0.621. The van der Waals surface area contributed by atoms with Crippen molar-refractivity contribution in [3.05, 3.63) is 0 Å². The van der Waals surface area contributed by atoms with Crippen LogP contribution in [0, 0.1) is 0 Å². The van der Waals surface area contributed by atoms with Gasteiger partial charge >= 0.3 is 0 Å². The number of amides is 1. The minimum atomic E-state index is -2.95. The van der Waals surface area contributed by atoms with Gasteiger partial charge in [-0.15, -0.1) is 0 Å². The Morgan fingerprint density at radius 1 is 1.50 bits per heavy atom. The lowest BCUT2D eigenvalue weighted by Gasteiger charge is -2.27. The highest BCUT2D eigenvalue weighted by Crippen LogP contribution is 2.17. The van der Waals surface area contributed by atoms with Crippen molar-refractivity contribution in [1.82, 2.24) is 10.2 Å². The molecule has 18 heavy (non-hydrogen) atoms. The second kappa shape index (κ2) is 7.06. The van der Waals surface area contributed by atoms with Crippen LogP contribution in [0.3, 0.4) is 0 Å². The van der Waals surface area contributed by atoms with Crippen molar-refractivity contribution < 1.29 is 17.9 Å². The highest BCUT2D eigenvalue weighted by molar-refractivity contribution is 7.91. The van der Waals surface area contributed by atoms with E-state index < -0.39 is 9.84 Å². The van der Waals surface area contributed by atoms with Crippen LogP contribution in [0.15, 0.2) is 0 Å². The van der Waals surface area contributed by atoms with Gasteiger partial charge in [0, 0.05) is 26.2 Å². The molecule has 1 aliphatic heterocycles. The van der Waals surface area contributed by atoms with Gasteiger partial charge in [0.15, 0.2) is 9.84 Å². The first-order chi connectivity index (χ1) is 8.50. The van der Waals surface area contributed by atoms with Gasteiger partial charge in [-0.25, -0.2) is 8.42 Å². The van der Waals surface area contributed by atoms with Crippen molar-refractivity contribution in [3.63, 3.8) is 0 Å². The molecule has 1 saturated heterocycles. The van der Waals surface area contributed by atoms with Gasteiger partial charge in [0.2, 0.25) is 5.91 Å². The molecule has 0 radical (unpaired) electrons. The molecule has 0 bridgehead atoms. The van der Waals surface area contributed by atoms with E-state index in [1.807, 2.05) is 6.92 Å². The number of ether oxygens (including phenoxy) is 1. The summed E-state index contributed by atoms with van der Waals surface area (Å²) in [7, 11) is -1.35. The summed E-state index contributed by atoms with van der Waals surface area (Å²) >= 11 is 0. The molecule has 0 spiro atoms. The maximum Gasteiger partial charge on any atom is 0.236 e. The zero-order valence-corrected chi connectivity index (χ0v) is 11.8. The van der Waals surface area contributed by atoms with E-state index in [4.69, 9.17) is 4.74 Å². The number of hydrogen-bond acceptors (Lipinski definition) is 5. The van der Waals surface area contributed by atoms with E-state index in [-0.39, 0.29) is 30.0 Å². The lowest BCUT2D eigenvalue weighted by molar-refractivity contribution is -0.131. The van der Waals surface area contributed by atoms with Crippen LogP contribution < -0.4 is 5.32 Å². The van der Waals surface area contributed by atoms with Crippen LogP contribution in [0.5, 0.6) is 0 Å². The molecule has 1 rings (SSSR count). The average molecular weight is 278 g/mol. The van der Waals surface area contributed by atoms with Gasteiger partial charge in [-0.3, -0.25) is 4.79 Å². The highest BCUT2D eigenvalue weighted by atomic mass is 32.2. The van der Waals surface area contributed by atoms with Crippen LogP contribution in [-0.2, 0) is 19.4 Å². The number of nitrogens with zero attached hydrogens (tertiary/aromatic N) is 1. The molecule has 7 heteroatoms. The van der Waals surface area contributed by atoms with E-state index in [1.165, 1.54) is 0 Å². The Morgan fingerprint density at radius 2 is 2.22 bits per heavy atom. The molecule has 1 heterocycles. The van der Waals surface area contributed by atoms with Crippen molar-refractivity contribution >= 4 is 15.7 Å². The minimum absolute atomic E-state index is 0.0456. The van der Waals surface area contributed by atoms with Gasteiger partial charge < -0.3 is 15.0 Å². The second-order valence-corrected chi connectivity index (χ2v) is 6.63. The van der Waals surface area contributed by atoms with Gasteiger partial charge in [-0.2, -0.15) is 0 Å². The molecule has 0 aromatic rings. The maximum atomic E-state index is 12.0. The first kappa shape index (κ1) is 15.4. The van der Waals surface area contributed by atoms with Gasteiger partial charge in [-0.1, -0.05) is 0 Å². The fraction of sp³-hybridized carbons (Fsp3) is 0.909. The molecule has 0 saturated carbocycles. The Balaban J connectivity index is 2.43. The maximum absolute atomic E-state index is 12.0. The average Bonchev–Trinajstić information content (AvgIpc) is 2.66. The van der Waals surface area contributed by atoms with Gasteiger partial charge in [0.1, 0.15) is 0 Å². The van der Waals surface area contributed by atoms with E-state index in [0.717, 1.165) is 0 Å². The van der Waals surface area contributed by atoms with Crippen LogP contribution >= 0.6 is 0 Å². The number of carbonyl (C=O) groups is 1. The van der Waals surface area contributed by atoms with E-state index in [9.17, 15) is 13.2 Å². The van der Waals surface area contributed by atoms with Crippen LogP contribution in [0.2, 0.25) is 0 Å². The third kappa shape index (κ3) is 4.55. The lowest BCUT2D eigenvalue weighted by Crippen LogP contribution is -2.45. The number of methoxy groups -OCH3 is 1. The number of likely N-dealkylation sites (N-methyl/N-ethyl adjacent to an activating group) is 1. The van der Waals surface area contributed by atoms with Crippen LogP contribution in [0.1, 0.15) is 13.3 Å². The number of carbonyl (C=O) groups excluding carboxylic acids is 1. The van der Waals surface area contributed by atoms with E-state index in [2.05, 4.69) is 5.32 Å². The molecule has 6 nitrogen and oxygen atoms in total. The molecule has 0 aromatic carbocycles. The summed E-state index contributed by atoms with van der Waals surface area (Å²) in [4.78, 5) is 13.6. The van der Waals surface area contributed by atoms with Crippen molar-refractivity contribution in [2.45, 2.75) is 19.4 Å². The number of hydrogen-bond donors (Lipinski definition) is 1. The Kier molecular flexibility index (Phi) is 6.04. The molecule has 1 atom stereocenters. The van der Waals surface area contributed by atoms with Crippen molar-refractivity contribution in [1.29, 1.82) is 0 Å². The van der Waals surface area contributed by atoms with Crippen molar-refractivity contribution in [2.75, 3.05) is 44.9 Å². The van der Waals surface area contributed by atoms with Crippen LogP contribution in [-0.4, -0.2) is 70.1 Å².